The predicted molar refractivity (Wildman–Crippen MR) is 521 cm³/mol. The number of likely N-dealkylation sites (tertiary alicyclic amines) is 2. The van der Waals surface area contributed by atoms with Gasteiger partial charge in [-0.1, -0.05) is 72.8 Å². The van der Waals surface area contributed by atoms with Crippen molar-refractivity contribution >= 4 is 69.8 Å². The first-order valence-electron chi connectivity index (χ1n) is 49.3. The van der Waals surface area contributed by atoms with E-state index in [2.05, 4.69) is 138 Å². The van der Waals surface area contributed by atoms with Crippen LogP contribution in [0.4, 0.5) is 122 Å². The number of halogens is 12. The maximum Gasteiger partial charge on any atom is 0.573 e. The summed E-state index contributed by atoms with van der Waals surface area (Å²) in [4.78, 5) is 88.8. The molecule has 0 bridgehead atoms. The van der Waals surface area contributed by atoms with Gasteiger partial charge in [-0.05, 0) is 190 Å². The molecular weight excluding hydrogens is 1960 g/mol. The lowest BCUT2D eigenvalue weighted by Crippen LogP contribution is -2.50. The fourth-order valence-electron chi connectivity index (χ4n) is 19.7. The topological polar surface area (TPSA) is 478 Å². The summed E-state index contributed by atoms with van der Waals surface area (Å²) in [6.45, 7) is 14.0. The Hall–Kier alpha value is -12.8. The fourth-order valence-corrected chi connectivity index (χ4v) is 19.7. The highest BCUT2D eigenvalue weighted by atomic mass is 19.4. The number of aliphatic hydroxyl groups excluding tert-OH is 2. The molecule has 0 amide bonds. The standard InChI is InChI=1S/C24H32F3N7O3.2C24H31F3N6O4.C23H30F3N7O3/c1-32-10-12-33(13-11-32)19-8-6-17(7-9-19)14-28-22-20(34(35)36)16-30-23(31-22)29-15-18-4-2-3-5-21(18)37-24(25,26)27;25-24(26,27)37-21-6-2-1-4-17(21)13-29-23-30-14-20(33(35)36)22(31-23)28-12-16-7-9-18(10-8-16)32-11-3-5-19(34)15-32;25-24(26,27)37-21-4-2-1-3-17(21)14-29-23-30-15-20(33(35)36)22(31-23)28-13-16-5-7-18(8-6-16)32-11-9-19(34)10-12-32;24-23(25,26)36-20-4-2-1-3-17(20)14-29-22-30-15-19(33(34)35)21(31-22)28-13-16-5-7-18(8-6-16)32-11-9-27-10-12-32/h2-5,16-17,19H,6-15H2,1H3,(H2,28,29,30,31);1-2,4,6,14,16,18-19,34H,3,5,7-13,15H2,(H2,28,29,30,31);1-4,15-16,18-19,34H,5-14H2,(H2,28,29,30,31);1-4,15-16,18,27H,5-14H2,(H2,28,29,30,31). The van der Waals surface area contributed by atoms with Crippen LogP contribution in [-0.2, 0) is 26.2 Å². The Morgan fingerprint density at radius 1 is 0.333 bits per heavy atom. The molecule has 4 aliphatic heterocycles. The minimum atomic E-state index is -4.83. The summed E-state index contributed by atoms with van der Waals surface area (Å²) < 4.78 is 168. The van der Waals surface area contributed by atoms with Crippen molar-refractivity contribution in [1.82, 2.24) is 69.7 Å². The fraction of sp³-hybridized carbons (Fsp3) is 0.579. The number of nitro groups is 4. The van der Waals surface area contributed by atoms with E-state index in [-0.39, 0.29) is 153 Å². The zero-order chi connectivity index (χ0) is 105. The Kier molecular flexibility index (Phi) is 40.3. The highest BCUT2D eigenvalue weighted by molar-refractivity contribution is 5.60. The van der Waals surface area contributed by atoms with Gasteiger partial charge in [0.25, 0.3) is 0 Å². The average Bonchev–Trinajstić information content (AvgIpc) is 0.834. The van der Waals surface area contributed by atoms with Crippen molar-refractivity contribution in [3.8, 4) is 23.0 Å². The van der Waals surface area contributed by atoms with E-state index in [1.54, 1.807) is 24.3 Å². The van der Waals surface area contributed by atoms with Crippen LogP contribution in [0.15, 0.2) is 122 Å². The van der Waals surface area contributed by atoms with Gasteiger partial charge < -0.3 is 86.8 Å². The largest absolute Gasteiger partial charge is 0.573 e. The number of hydrogen-bond donors (Lipinski definition) is 11. The third-order valence-corrected chi connectivity index (χ3v) is 27.6. The van der Waals surface area contributed by atoms with Gasteiger partial charge in [0, 0.05) is 171 Å². The lowest BCUT2D eigenvalue weighted by Gasteiger charge is -2.41. The molecule has 8 aromatic rings. The average molecular weight is 2080 g/mol. The second-order valence-corrected chi connectivity index (χ2v) is 37.7. The number of likely N-dealkylation sites (N-methyl/N-ethyl adjacent to an activating group) is 1. The Morgan fingerprint density at radius 2 is 0.592 bits per heavy atom. The second kappa shape index (κ2) is 53.2. The number of rotatable bonds is 36. The molecular formula is C95H124F12N26O14. The van der Waals surface area contributed by atoms with Crippen LogP contribution in [0.2, 0.25) is 0 Å². The summed E-state index contributed by atoms with van der Waals surface area (Å²) in [6, 6.07) is 25.0. The SMILES string of the molecule is CN1CCN(C2CCC(CNc3nc(NCc4ccccc4OC(F)(F)F)ncc3[N+](=O)[O-])CC2)CC1.O=[N+]([O-])c1cnc(NCc2ccccc2OC(F)(F)F)nc1NCC1CCC(N2CCC(O)CC2)CC1.O=[N+]([O-])c1cnc(NCc2ccccc2OC(F)(F)F)nc1NCC1CCC(N2CCCC(O)C2)CC1.O=[N+]([O-])c1cnc(NCc2ccccc2OC(F)(F)F)nc1NCC1CCC(N2CCNCC2)CC1. The summed E-state index contributed by atoms with van der Waals surface area (Å²) in [5.74, 6) is 0.549. The molecule has 0 radical (unpaired) electrons. The summed E-state index contributed by atoms with van der Waals surface area (Å²) >= 11 is 0. The molecule has 1 atom stereocenters. The van der Waals surface area contributed by atoms with E-state index in [0.717, 1.165) is 232 Å². The Labute approximate surface area is 839 Å². The van der Waals surface area contributed by atoms with Gasteiger partial charge in [0.2, 0.25) is 47.1 Å². The highest BCUT2D eigenvalue weighted by Crippen LogP contribution is 2.40. The van der Waals surface area contributed by atoms with E-state index in [1.807, 2.05) is 0 Å². The normalized spacial score (nSPS) is 21.7. The van der Waals surface area contributed by atoms with Crippen LogP contribution in [0.25, 0.3) is 0 Å². The first-order valence-corrected chi connectivity index (χ1v) is 49.3. The lowest BCUT2D eigenvalue weighted by atomic mass is 9.84. The quantitative estimate of drug-likeness (QED) is 0.00987. The Bertz CT molecular complexity index is 5370. The van der Waals surface area contributed by atoms with Crippen LogP contribution >= 0.6 is 0 Å². The van der Waals surface area contributed by atoms with Crippen LogP contribution in [0.5, 0.6) is 23.0 Å². The molecule has 147 heavy (non-hydrogen) atoms. The number of piperazine rings is 2. The van der Waals surface area contributed by atoms with Crippen LogP contribution < -0.4 is 66.8 Å². The molecule has 16 rings (SSSR count). The number of piperidine rings is 2. The molecule has 4 aliphatic carbocycles. The molecule has 40 nitrogen and oxygen atoms in total. The summed E-state index contributed by atoms with van der Waals surface area (Å²) in [5, 5.41) is 92.8. The molecule has 4 aromatic carbocycles. The number of aromatic nitrogens is 8. The summed E-state index contributed by atoms with van der Waals surface area (Å²) in [5.41, 5.74) is -0.103. The van der Waals surface area contributed by atoms with Crippen molar-refractivity contribution in [3.05, 3.63) is 185 Å². The maximum absolute atomic E-state index is 12.7. The van der Waals surface area contributed by atoms with Crippen molar-refractivity contribution in [2.75, 3.05) is 154 Å². The third-order valence-electron chi connectivity index (χ3n) is 27.6. The Balaban J connectivity index is 0.000000164. The molecule has 8 fully saturated rings. The van der Waals surface area contributed by atoms with E-state index < -0.39 is 45.1 Å². The van der Waals surface area contributed by atoms with Crippen molar-refractivity contribution in [2.45, 2.75) is 216 Å². The number of ether oxygens (including phenoxy) is 4. The number of nitrogens with one attached hydrogen (secondary N) is 9. The minimum Gasteiger partial charge on any atom is -0.405 e. The zero-order valence-electron chi connectivity index (χ0n) is 81.0. The summed E-state index contributed by atoms with van der Waals surface area (Å²) in [6.07, 6.45) is 4.65. The van der Waals surface area contributed by atoms with Gasteiger partial charge >= 0.3 is 48.2 Å². The van der Waals surface area contributed by atoms with Crippen molar-refractivity contribution in [1.29, 1.82) is 0 Å². The van der Waals surface area contributed by atoms with Crippen LogP contribution in [-0.4, -0.2) is 268 Å². The molecule has 802 valence electrons. The molecule has 1 unspecified atom stereocenters. The van der Waals surface area contributed by atoms with E-state index in [4.69, 9.17) is 0 Å². The molecule has 4 saturated heterocycles. The molecule has 8 aliphatic rings. The lowest BCUT2D eigenvalue weighted by molar-refractivity contribution is -0.384. The third kappa shape index (κ3) is 35.8. The van der Waals surface area contributed by atoms with E-state index in [1.165, 1.54) is 72.8 Å². The molecule has 0 spiro atoms. The smallest absolute Gasteiger partial charge is 0.405 e. The molecule has 4 aromatic heterocycles. The molecule has 52 heteroatoms. The number of hydrogen-bond acceptors (Lipinski definition) is 36. The van der Waals surface area contributed by atoms with Crippen molar-refractivity contribution in [2.24, 2.45) is 23.7 Å². The molecule has 8 heterocycles. The highest BCUT2D eigenvalue weighted by Gasteiger charge is 2.40. The van der Waals surface area contributed by atoms with E-state index >= 15 is 0 Å². The number of para-hydroxylation sites is 4. The summed E-state index contributed by atoms with van der Waals surface area (Å²) in [7, 11) is 2.15. The number of anilines is 8. The van der Waals surface area contributed by atoms with Crippen molar-refractivity contribution < 1.29 is 102 Å². The van der Waals surface area contributed by atoms with E-state index in [9.17, 15) is 103 Å². The zero-order valence-corrected chi connectivity index (χ0v) is 81.0. The van der Waals surface area contributed by atoms with Crippen LogP contribution in [0, 0.1) is 64.1 Å². The number of aliphatic hydroxyl groups is 2. The number of β-amino-alcohol motifs (C(OH)–C–C–N with tert-alkyl or cyclic N) is 1. The van der Waals surface area contributed by atoms with Crippen LogP contribution in [0.3, 0.4) is 0 Å². The van der Waals surface area contributed by atoms with Gasteiger partial charge in [0.1, 0.15) is 47.8 Å². The number of benzene rings is 4. The molecule has 11 N–H and O–H groups in total. The number of nitrogens with zero attached hydrogens (tertiary/aromatic N) is 17. The molecule has 4 saturated carbocycles. The van der Waals surface area contributed by atoms with Gasteiger partial charge in [-0.15, -0.1) is 52.7 Å². The Morgan fingerprint density at radius 3 is 0.857 bits per heavy atom. The number of alkyl halides is 12. The van der Waals surface area contributed by atoms with Gasteiger partial charge in [0.15, 0.2) is 0 Å². The van der Waals surface area contributed by atoms with Gasteiger partial charge in [-0.2, -0.15) is 19.9 Å². The van der Waals surface area contributed by atoms with Crippen molar-refractivity contribution in [3.63, 3.8) is 0 Å². The van der Waals surface area contributed by atoms with Gasteiger partial charge in [0.05, 0.1) is 31.9 Å². The predicted octanol–water partition coefficient (Wildman–Crippen LogP) is 16.5. The second-order valence-electron chi connectivity index (χ2n) is 37.7. The minimum absolute atomic E-state index is 0.0438. The monoisotopic (exact) mass is 2080 g/mol. The van der Waals surface area contributed by atoms with Gasteiger partial charge in [-0.25, -0.2) is 19.9 Å². The maximum atomic E-state index is 12.7. The first-order chi connectivity index (χ1) is 70.3. The van der Waals surface area contributed by atoms with E-state index in [0.29, 0.717) is 74.0 Å². The van der Waals surface area contributed by atoms with Crippen LogP contribution in [0.1, 0.15) is 151 Å². The first kappa shape index (κ1) is 111. The van der Waals surface area contributed by atoms with Gasteiger partial charge in [-0.3, -0.25) is 55.2 Å².